The van der Waals surface area contributed by atoms with Crippen LogP contribution < -0.4 is 20.3 Å². The number of carbonyl (C=O) groups is 3. The molecule has 3 fully saturated rings. The summed E-state index contributed by atoms with van der Waals surface area (Å²) in [5.41, 5.74) is 0.980. The van der Waals surface area contributed by atoms with Crippen LogP contribution in [0.15, 0.2) is 48.5 Å². The number of hydrogen-bond acceptors (Lipinski definition) is 7. The van der Waals surface area contributed by atoms with Crippen molar-refractivity contribution in [3.63, 3.8) is 0 Å². The Hall–Kier alpha value is -3.15. The monoisotopic (exact) mass is 670 g/mol. The zero-order chi connectivity index (χ0) is 31.8. The summed E-state index contributed by atoms with van der Waals surface area (Å²) in [6, 6.07) is 13.0. The van der Waals surface area contributed by atoms with Gasteiger partial charge in [-0.3, -0.25) is 14.4 Å². The highest BCUT2D eigenvalue weighted by Crippen LogP contribution is 2.60. The van der Waals surface area contributed by atoms with Crippen molar-refractivity contribution in [3.8, 4) is 5.75 Å². The van der Waals surface area contributed by atoms with E-state index in [0.717, 1.165) is 18.8 Å². The number of nitrogens with one attached hydrogen (secondary N) is 2. The van der Waals surface area contributed by atoms with Crippen molar-refractivity contribution in [2.75, 3.05) is 41.8 Å². The molecular formula is C33H43BrN4O6. The molecule has 3 heterocycles. The average molecular weight is 672 g/mol. The number of aliphatic hydroxyl groups excluding tert-OH is 1. The number of ether oxygens (including phenoxy) is 2. The summed E-state index contributed by atoms with van der Waals surface area (Å²) in [6.07, 6.45) is -0.212. The van der Waals surface area contributed by atoms with Gasteiger partial charge in [0.05, 0.1) is 37.2 Å². The standard InChI is InChI=1S/C33H43BrN4O6/c1-6-37(7-2)22-13-9-20(10-14-22)36-31(41)29-33-17-24(34)28(44-33)26(27(33)32(42)38(29)25(18-39)19(4)5)30(40)35-21-11-15-23(16-12-21)43-8-3/h9-16,19,24-29,39H,6-8,17-18H2,1-5H3,(H,35,40)(H,36,41)/t24?,25-,26+,27-,28+,29?,33?/m0/s1. The molecule has 3 saturated heterocycles. The lowest BCUT2D eigenvalue weighted by Gasteiger charge is -2.38. The third-order valence-electron chi connectivity index (χ3n) is 9.29. The first kappa shape index (κ1) is 32.2. The van der Waals surface area contributed by atoms with Gasteiger partial charge in [0.1, 0.15) is 17.4 Å². The lowest BCUT2D eigenvalue weighted by molar-refractivity contribution is -0.144. The van der Waals surface area contributed by atoms with Gasteiger partial charge in [0.15, 0.2) is 0 Å². The van der Waals surface area contributed by atoms with Crippen LogP contribution >= 0.6 is 15.9 Å². The maximum absolute atomic E-state index is 14.4. The Morgan fingerprint density at radius 2 is 1.64 bits per heavy atom. The summed E-state index contributed by atoms with van der Waals surface area (Å²) in [7, 11) is 0. The maximum atomic E-state index is 14.4. The van der Waals surface area contributed by atoms with Gasteiger partial charge in [0.2, 0.25) is 17.7 Å². The minimum absolute atomic E-state index is 0.143. The summed E-state index contributed by atoms with van der Waals surface area (Å²) in [4.78, 5) is 45.9. The van der Waals surface area contributed by atoms with Gasteiger partial charge in [0.25, 0.3) is 0 Å². The molecule has 2 bridgehead atoms. The molecule has 238 valence electrons. The molecule has 3 amide bonds. The number of amides is 3. The lowest BCUT2D eigenvalue weighted by atomic mass is 9.70. The van der Waals surface area contributed by atoms with Crippen LogP contribution in [-0.2, 0) is 19.1 Å². The molecule has 0 aromatic heterocycles. The van der Waals surface area contributed by atoms with Crippen molar-refractivity contribution in [2.24, 2.45) is 17.8 Å². The van der Waals surface area contributed by atoms with Gasteiger partial charge in [0, 0.05) is 35.0 Å². The molecule has 5 rings (SSSR count). The summed E-state index contributed by atoms with van der Waals surface area (Å²) in [5.74, 6) is -2.25. The number of fused-ring (bicyclic) bond motifs is 1. The number of likely N-dealkylation sites (tertiary alicyclic amines) is 1. The van der Waals surface area contributed by atoms with E-state index in [1.54, 1.807) is 24.3 Å². The van der Waals surface area contributed by atoms with Crippen LogP contribution in [0.5, 0.6) is 5.75 Å². The summed E-state index contributed by atoms with van der Waals surface area (Å²) in [5, 5.41) is 16.4. The van der Waals surface area contributed by atoms with Crippen molar-refractivity contribution < 1.29 is 29.0 Å². The highest BCUT2D eigenvalue weighted by molar-refractivity contribution is 9.09. The first-order valence-electron chi connectivity index (χ1n) is 15.5. The van der Waals surface area contributed by atoms with Crippen LogP contribution in [0.3, 0.4) is 0 Å². The predicted molar refractivity (Wildman–Crippen MR) is 173 cm³/mol. The molecule has 7 atom stereocenters. The molecule has 44 heavy (non-hydrogen) atoms. The molecule has 3 aliphatic rings. The Labute approximate surface area is 267 Å². The normalized spacial score (nSPS) is 27.8. The third-order valence-corrected chi connectivity index (χ3v) is 10.1. The van der Waals surface area contributed by atoms with E-state index in [1.807, 2.05) is 45.0 Å². The quantitative estimate of drug-likeness (QED) is 0.289. The van der Waals surface area contributed by atoms with Crippen molar-refractivity contribution in [1.82, 2.24) is 4.90 Å². The van der Waals surface area contributed by atoms with Crippen LogP contribution in [-0.4, -0.2) is 82.6 Å². The Morgan fingerprint density at radius 1 is 1.05 bits per heavy atom. The topological polar surface area (TPSA) is 120 Å². The number of rotatable bonds is 12. The van der Waals surface area contributed by atoms with E-state index in [0.29, 0.717) is 30.2 Å². The highest BCUT2D eigenvalue weighted by atomic mass is 79.9. The zero-order valence-corrected chi connectivity index (χ0v) is 27.5. The molecule has 0 saturated carbocycles. The lowest BCUT2D eigenvalue weighted by Crippen LogP contribution is -2.57. The van der Waals surface area contributed by atoms with Gasteiger partial charge in [-0.25, -0.2) is 0 Å². The Morgan fingerprint density at radius 3 is 2.18 bits per heavy atom. The average Bonchev–Trinajstić information content (AvgIpc) is 3.59. The first-order valence-corrected chi connectivity index (χ1v) is 16.5. The fourth-order valence-electron chi connectivity index (χ4n) is 7.23. The van der Waals surface area contributed by atoms with Crippen LogP contribution in [0.25, 0.3) is 0 Å². The highest BCUT2D eigenvalue weighted by Gasteiger charge is 2.77. The van der Waals surface area contributed by atoms with Gasteiger partial charge < -0.3 is 35.0 Å². The molecule has 2 aromatic carbocycles. The van der Waals surface area contributed by atoms with E-state index in [1.165, 1.54) is 4.90 Å². The minimum atomic E-state index is -1.23. The SMILES string of the molecule is CCOc1ccc(NC(=O)[C@H]2[C@@H]3OC4(CC3Br)C(C(=O)Nc3ccc(N(CC)CC)cc3)N([C@@H](CO)C(C)C)C(=O)[C@H]24)cc1. The van der Waals surface area contributed by atoms with Crippen molar-refractivity contribution in [3.05, 3.63) is 48.5 Å². The number of aliphatic hydroxyl groups is 1. The molecule has 3 unspecified atom stereocenters. The van der Waals surface area contributed by atoms with Crippen molar-refractivity contribution >= 4 is 50.7 Å². The van der Waals surface area contributed by atoms with E-state index in [2.05, 4.69) is 45.3 Å². The smallest absolute Gasteiger partial charge is 0.250 e. The fourth-order valence-corrected chi connectivity index (χ4v) is 8.17. The summed E-state index contributed by atoms with van der Waals surface area (Å²) in [6.45, 7) is 11.8. The third kappa shape index (κ3) is 5.58. The molecule has 11 heteroatoms. The molecule has 0 radical (unpaired) electrons. The van der Waals surface area contributed by atoms with Crippen molar-refractivity contribution in [2.45, 2.75) is 69.7 Å². The van der Waals surface area contributed by atoms with Crippen LogP contribution in [0.1, 0.15) is 41.0 Å². The molecule has 10 nitrogen and oxygen atoms in total. The van der Waals surface area contributed by atoms with Crippen molar-refractivity contribution in [1.29, 1.82) is 0 Å². The summed E-state index contributed by atoms with van der Waals surface area (Å²) >= 11 is 3.71. The largest absolute Gasteiger partial charge is 0.494 e. The molecular weight excluding hydrogens is 628 g/mol. The van der Waals surface area contributed by atoms with E-state index in [9.17, 15) is 19.5 Å². The van der Waals surface area contributed by atoms with Gasteiger partial charge in [-0.05, 0) is 81.6 Å². The zero-order valence-electron chi connectivity index (χ0n) is 26.0. The van der Waals surface area contributed by atoms with E-state index in [4.69, 9.17) is 9.47 Å². The minimum Gasteiger partial charge on any atom is -0.494 e. The number of benzene rings is 2. The number of alkyl halides is 1. The van der Waals surface area contributed by atoms with Gasteiger partial charge >= 0.3 is 0 Å². The maximum Gasteiger partial charge on any atom is 0.250 e. The fraction of sp³-hybridized carbons (Fsp3) is 0.545. The Kier molecular flexibility index (Phi) is 9.58. The molecule has 3 aliphatic heterocycles. The molecule has 3 N–H and O–H groups in total. The van der Waals surface area contributed by atoms with Gasteiger partial charge in [-0.1, -0.05) is 29.8 Å². The van der Waals surface area contributed by atoms with E-state index < -0.39 is 41.5 Å². The second-order valence-electron chi connectivity index (χ2n) is 12.1. The number of nitrogens with zero attached hydrogens (tertiary/aromatic N) is 2. The van der Waals surface area contributed by atoms with E-state index >= 15 is 0 Å². The van der Waals surface area contributed by atoms with Crippen LogP contribution in [0.4, 0.5) is 17.1 Å². The summed E-state index contributed by atoms with van der Waals surface area (Å²) < 4.78 is 12.1. The second kappa shape index (κ2) is 13.1. The first-order chi connectivity index (χ1) is 21.1. The number of halogens is 1. The number of hydrogen-bond donors (Lipinski definition) is 3. The second-order valence-corrected chi connectivity index (χ2v) is 13.2. The molecule has 1 spiro atoms. The molecule has 0 aliphatic carbocycles. The van der Waals surface area contributed by atoms with E-state index in [-0.39, 0.29) is 29.2 Å². The number of anilines is 3. The van der Waals surface area contributed by atoms with Gasteiger partial charge in [-0.15, -0.1) is 0 Å². The van der Waals surface area contributed by atoms with Crippen LogP contribution in [0.2, 0.25) is 0 Å². The molecule has 2 aromatic rings. The Bertz CT molecular complexity index is 1350. The predicted octanol–water partition coefficient (Wildman–Crippen LogP) is 4.27. The Balaban J connectivity index is 1.46. The number of carbonyl (C=O) groups excluding carboxylic acids is 3. The van der Waals surface area contributed by atoms with Crippen LogP contribution in [0, 0.1) is 17.8 Å². The van der Waals surface area contributed by atoms with Gasteiger partial charge in [-0.2, -0.15) is 0 Å².